The first-order valence-corrected chi connectivity index (χ1v) is 6.15. The highest BCUT2D eigenvalue weighted by molar-refractivity contribution is 5.89. The molecule has 1 rings (SSSR count). The summed E-state index contributed by atoms with van der Waals surface area (Å²) in [6.45, 7) is 10.5. The molecule has 0 aliphatic rings. The lowest BCUT2D eigenvalue weighted by Crippen LogP contribution is -2.12. The predicted octanol–water partition coefficient (Wildman–Crippen LogP) is 3.08. The quantitative estimate of drug-likeness (QED) is 0.845. The van der Waals surface area contributed by atoms with Gasteiger partial charge in [-0.2, -0.15) is 5.10 Å². The third-order valence-corrected chi connectivity index (χ3v) is 2.60. The second kappa shape index (κ2) is 5.34. The highest BCUT2D eigenvalue weighted by Crippen LogP contribution is 2.22. The van der Waals surface area contributed by atoms with Gasteiger partial charge in [0.15, 0.2) is 5.82 Å². The minimum Gasteiger partial charge on any atom is -0.309 e. The van der Waals surface area contributed by atoms with Crippen LogP contribution in [-0.4, -0.2) is 16.1 Å². The Morgan fingerprint density at radius 3 is 2.59 bits per heavy atom. The SMILES string of the molecule is CC(C)CCC(=O)Nc1cc(C(C)(C)C)[nH]n1. The third-order valence-electron chi connectivity index (χ3n) is 2.60. The Labute approximate surface area is 103 Å². The number of aromatic amines is 1. The lowest BCUT2D eigenvalue weighted by Gasteiger charge is -2.14. The number of nitrogens with zero attached hydrogens (tertiary/aromatic N) is 1. The number of amides is 1. The highest BCUT2D eigenvalue weighted by atomic mass is 16.1. The summed E-state index contributed by atoms with van der Waals surface area (Å²) >= 11 is 0. The molecule has 0 fully saturated rings. The number of anilines is 1. The predicted molar refractivity (Wildman–Crippen MR) is 70.0 cm³/mol. The van der Waals surface area contributed by atoms with Crippen molar-refractivity contribution in [2.24, 2.45) is 5.92 Å². The number of H-pyrrole nitrogens is 1. The van der Waals surface area contributed by atoms with E-state index in [1.54, 1.807) is 0 Å². The Bertz CT molecular complexity index is 374. The first-order valence-electron chi connectivity index (χ1n) is 6.15. The molecular weight excluding hydrogens is 214 g/mol. The molecule has 0 saturated heterocycles. The van der Waals surface area contributed by atoms with E-state index in [9.17, 15) is 4.79 Å². The molecule has 0 saturated carbocycles. The number of nitrogens with one attached hydrogen (secondary N) is 2. The van der Waals surface area contributed by atoms with E-state index >= 15 is 0 Å². The van der Waals surface area contributed by atoms with Crippen LogP contribution >= 0.6 is 0 Å². The van der Waals surface area contributed by atoms with Crippen LogP contribution in [0.5, 0.6) is 0 Å². The first kappa shape index (κ1) is 13.7. The lowest BCUT2D eigenvalue weighted by molar-refractivity contribution is -0.116. The number of hydrogen-bond donors (Lipinski definition) is 2. The Morgan fingerprint density at radius 2 is 2.12 bits per heavy atom. The zero-order valence-corrected chi connectivity index (χ0v) is 11.4. The maximum Gasteiger partial charge on any atom is 0.225 e. The van der Waals surface area contributed by atoms with E-state index in [0.29, 0.717) is 18.2 Å². The number of hydrogen-bond acceptors (Lipinski definition) is 2. The molecule has 1 amide bonds. The zero-order chi connectivity index (χ0) is 13.1. The first-order chi connectivity index (χ1) is 7.79. The molecule has 0 unspecified atom stereocenters. The van der Waals surface area contributed by atoms with E-state index in [4.69, 9.17) is 0 Å². The summed E-state index contributed by atoms with van der Waals surface area (Å²) in [5.41, 5.74) is 1.05. The molecule has 4 heteroatoms. The van der Waals surface area contributed by atoms with Gasteiger partial charge in [-0.15, -0.1) is 0 Å². The van der Waals surface area contributed by atoms with Crippen LogP contribution in [-0.2, 0) is 10.2 Å². The van der Waals surface area contributed by atoms with Crippen molar-refractivity contribution in [1.82, 2.24) is 10.2 Å². The van der Waals surface area contributed by atoms with E-state index in [-0.39, 0.29) is 11.3 Å². The van der Waals surface area contributed by atoms with Gasteiger partial charge >= 0.3 is 0 Å². The van der Waals surface area contributed by atoms with Gasteiger partial charge < -0.3 is 5.32 Å². The summed E-state index contributed by atoms with van der Waals surface area (Å²) in [7, 11) is 0. The van der Waals surface area contributed by atoms with Crippen molar-refractivity contribution in [3.05, 3.63) is 11.8 Å². The average Bonchev–Trinajstić information content (AvgIpc) is 2.62. The standard InChI is InChI=1S/C13H23N3O/c1-9(2)6-7-12(17)14-11-8-10(15-16-11)13(3,4)5/h8-9H,6-7H2,1-5H3,(H2,14,15,16,17). The van der Waals surface area contributed by atoms with Crippen LogP contribution in [0.2, 0.25) is 0 Å². The van der Waals surface area contributed by atoms with Gasteiger partial charge in [0, 0.05) is 23.6 Å². The van der Waals surface area contributed by atoms with E-state index in [0.717, 1.165) is 12.1 Å². The van der Waals surface area contributed by atoms with Gasteiger partial charge in [-0.05, 0) is 12.3 Å². The molecule has 1 aromatic heterocycles. The fourth-order valence-electron chi connectivity index (χ4n) is 1.40. The number of carbonyl (C=O) groups is 1. The van der Waals surface area contributed by atoms with Crippen molar-refractivity contribution >= 4 is 11.7 Å². The minimum absolute atomic E-state index is 0.0217. The molecule has 2 N–H and O–H groups in total. The molecule has 0 spiro atoms. The second-order valence-electron chi connectivity index (χ2n) is 5.90. The van der Waals surface area contributed by atoms with Gasteiger partial charge in [-0.25, -0.2) is 0 Å². The average molecular weight is 237 g/mol. The summed E-state index contributed by atoms with van der Waals surface area (Å²) < 4.78 is 0. The van der Waals surface area contributed by atoms with Crippen molar-refractivity contribution in [3.8, 4) is 0 Å². The van der Waals surface area contributed by atoms with Crippen LogP contribution in [0.4, 0.5) is 5.82 Å². The molecule has 1 heterocycles. The number of rotatable bonds is 4. The van der Waals surface area contributed by atoms with Crippen LogP contribution in [0.3, 0.4) is 0 Å². The molecule has 0 aliphatic heterocycles. The third kappa shape index (κ3) is 4.59. The summed E-state index contributed by atoms with van der Waals surface area (Å²) in [6.07, 6.45) is 1.46. The molecule has 0 atom stereocenters. The molecule has 0 aromatic carbocycles. The van der Waals surface area contributed by atoms with E-state index in [2.05, 4.69) is 50.1 Å². The van der Waals surface area contributed by atoms with Gasteiger partial charge in [-0.3, -0.25) is 9.89 Å². The van der Waals surface area contributed by atoms with Crippen molar-refractivity contribution in [2.75, 3.05) is 5.32 Å². The monoisotopic (exact) mass is 237 g/mol. The van der Waals surface area contributed by atoms with Gasteiger partial charge in [0.1, 0.15) is 0 Å². The smallest absolute Gasteiger partial charge is 0.225 e. The minimum atomic E-state index is 0.0217. The van der Waals surface area contributed by atoms with E-state index in [1.165, 1.54) is 0 Å². The normalized spacial score (nSPS) is 11.9. The van der Waals surface area contributed by atoms with Crippen LogP contribution in [0.25, 0.3) is 0 Å². The van der Waals surface area contributed by atoms with Gasteiger partial charge in [-0.1, -0.05) is 34.6 Å². The molecule has 17 heavy (non-hydrogen) atoms. The fraction of sp³-hybridized carbons (Fsp3) is 0.692. The van der Waals surface area contributed by atoms with Crippen molar-refractivity contribution < 1.29 is 4.79 Å². The van der Waals surface area contributed by atoms with Crippen LogP contribution < -0.4 is 5.32 Å². The van der Waals surface area contributed by atoms with Crippen molar-refractivity contribution in [1.29, 1.82) is 0 Å². The summed E-state index contributed by atoms with van der Waals surface area (Å²) in [4.78, 5) is 11.6. The highest BCUT2D eigenvalue weighted by Gasteiger charge is 2.17. The van der Waals surface area contributed by atoms with Gasteiger partial charge in [0.05, 0.1) is 0 Å². The van der Waals surface area contributed by atoms with Crippen LogP contribution in [0, 0.1) is 5.92 Å². The molecule has 0 radical (unpaired) electrons. The molecular formula is C13H23N3O. The molecule has 1 aromatic rings. The molecule has 4 nitrogen and oxygen atoms in total. The van der Waals surface area contributed by atoms with Crippen molar-refractivity contribution in [3.63, 3.8) is 0 Å². The fourth-order valence-corrected chi connectivity index (χ4v) is 1.40. The zero-order valence-electron chi connectivity index (χ0n) is 11.4. The van der Waals surface area contributed by atoms with E-state index in [1.807, 2.05) is 6.07 Å². The summed E-state index contributed by atoms with van der Waals surface area (Å²) in [5, 5.41) is 9.85. The molecule has 0 bridgehead atoms. The Hall–Kier alpha value is -1.32. The van der Waals surface area contributed by atoms with Gasteiger partial charge in [0.25, 0.3) is 0 Å². The summed E-state index contributed by atoms with van der Waals surface area (Å²) in [6, 6.07) is 1.90. The number of aromatic nitrogens is 2. The van der Waals surface area contributed by atoms with Crippen molar-refractivity contribution in [2.45, 2.75) is 52.9 Å². The second-order valence-corrected chi connectivity index (χ2v) is 5.90. The summed E-state index contributed by atoms with van der Waals surface area (Å²) in [5.74, 6) is 1.19. The van der Waals surface area contributed by atoms with Crippen LogP contribution in [0.15, 0.2) is 6.07 Å². The molecule has 0 aliphatic carbocycles. The Morgan fingerprint density at radius 1 is 1.47 bits per heavy atom. The lowest BCUT2D eigenvalue weighted by atomic mass is 9.92. The number of carbonyl (C=O) groups excluding carboxylic acids is 1. The maximum absolute atomic E-state index is 11.6. The van der Waals surface area contributed by atoms with Crippen LogP contribution in [0.1, 0.15) is 53.2 Å². The Balaban J connectivity index is 2.52. The van der Waals surface area contributed by atoms with E-state index < -0.39 is 0 Å². The molecule has 96 valence electrons. The maximum atomic E-state index is 11.6. The topological polar surface area (TPSA) is 57.8 Å². The largest absolute Gasteiger partial charge is 0.309 e. The Kier molecular flexibility index (Phi) is 4.32. The van der Waals surface area contributed by atoms with Gasteiger partial charge in [0.2, 0.25) is 5.91 Å².